The van der Waals surface area contributed by atoms with Crippen LogP contribution < -0.4 is 4.83 Å². The van der Waals surface area contributed by atoms with Gasteiger partial charge in [-0.2, -0.15) is 13.5 Å². The Kier molecular flexibility index (Phi) is 5.27. The molecule has 0 amide bonds. The van der Waals surface area contributed by atoms with Crippen molar-refractivity contribution in [3.8, 4) is 0 Å². The maximum absolute atomic E-state index is 12.0. The first-order valence-electron chi connectivity index (χ1n) is 5.64. The van der Waals surface area contributed by atoms with Crippen LogP contribution in [0.5, 0.6) is 0 Å². The van der Waals surface area contributed by atoms with E-state index in [1.807, 2.05) is 0 Å². The van der Waals surface area contributed by atoms with Gasteiger partial charge in [-0.15, -0.1) is 0 Å². The molecule has 0 fully saturated rings. The van der Waals surface area contributed by atoms with E-state index in [2.05, 4.69) is 25.9 Å². The Morgan fingerprint density at radius 2 is 1.71 bits per heavy atom. The van der Waals surface area contributed by atoms with Crippen LogP contribution in [0.25, 0.3) is 0 Å². The van der Waals surface area contributed by atoms with Crippen molar-refractivity contribution >= 4 is 55.4 Å². The highest BCUT2D eigenvalue weighted by Gasteiger charge is 2.11. The minimum atomic E-state index is -3.69. The second-order valence-corrected chi connectivity index (χ2v) is 7.37. The molecule has 0 heterocycles. The highest BCUT2D eigenvalue weighted by molar-refractivity contribution is 9.10. The van der Waals surface area contributed by atoms with Crippen molar-refractivity contribution in [3.63, 3.8) is 0 Å². The summed E-state index contributed by atoms with van der Waals surface area (Å²) in [5.41, 5.74) is 0.628. The molecule has 0 saturated heterocycles. The molecule has 4 nitrogen and oxygen atoms in total. The molecule has 0 bridgehead atoms. The monoisotopic (exact) mass is 406 g/mol. The standard InChI is InChI=1S/C13H9BrCl2N2O2S/c14-10-2-4-11(5-3-10)21(19,20)18-17-8-9-1-6-12(15)13(16)7-9/h1-8,18H/b17-8-. The molecule has 21 heavy (non-hydrogen) atoms. The van der Waals surface area contributed by atoms with Gasteiger partial charge in [0.15, 0.2) is 0 Å². The topological polar surface area (TPSA) is 58.5 Å². The molecule has 0 aromatic heterocycles. The number of hydrazone groups is 1. The van der Waals surface area contributed by atoms with Gasteiger partial charge in [-0.25, -0.2) is 4.83 Å². The molecule has 2 aromatic rings. The van der Waals surface area contributed by atoms with Gasteiger partial charge in [-0.1, -0.05) is 45.2 Å². The van der Waals surface area contributed by atoms with Crippen molar-refractivity contribution < 1.29 is 8.42 Å². The van der Waals surface area contributed by atoms with Crippen molar-refractivity contribution in [2.45, 2.75) is 4.90 Å². The predicted octanol–water partition coefficient (Wildman–Crippen LogP) is 4.07. The lowest BCUT2D eigenvalue weighted by atomic mass is 10.2. The van der Waals surface area contributed by atoms with E-state index >= 15 is 0 Å². The molecule has 0 aliphatic carbocycles. The average molecular weight is 408 g/mol. The molecule has 2 aromatic carbocycles. The van der Waals surface area contributed by atoms with Crippen LogP contribution in [0.2, 0.25) is 10.0 Å². The molecule has 8 heteroatoms. The van der Waals surface area contributed by atoms with Crippen LogP contribution in [0.3, 0.4) is 0 Å². The number of sulfonamides is 1. The maximum Gasteiger partial charge on any atom is 0.276 e. The molecule has 0 spiro atoms. The molecular formula is C13H9BrCl2N2O2S. The van der Waals surface area contributed by atoms with Gasteiger partial charge in [-0.05, 0) is 42.0 Å². The Hall–Kier alpha value is -1.08. The van der Waals surface area contributed by atoms with Crippen LogP contribution in [0.4, 0.5) is 0 Å². The summed E-state index contributed by atoms with van der Waals surface area (Å²) in [6.45, 7) is 0. The average Bonchev–Trinajstić information content (AvgIpc) is 2.43. The number of hydrogen-bond donors (Lipinski definition) is 1. The van der Waals surface area contributed by atoms with Crippen LogP contribution in [0.1, 0.15) is 5.56 Å². The summed E-state index contributed by atoms with van der Waals surface area (Å²) in [5.74, 6) is 0. The fourth-order valence-electron chi connectivity index (χ4n) is 1.43. The Morgan fingerprint density at radius 3 is 2.33 bits per heavy atom. The van der Waals surface area contributed by atoms with Crippen LogP contribution in [-0.4, -0.2) is 14.6 Å². The van der Waals surface area contributed by atoms with E-state index in [0.29, 0.717) is 15.6 Å². The molecule has 0 aliphatic heterocycles. The zero-order valence-electron chi connectivity index (χ0n) is 10.4. The lowest BCUT2D eigenvalue weighted by Crippen LogP contribution is -2.18. The second-order valence-electron chi connectivity index (χ2n) is 3.98. The van der Waals surface area contributed by atoms with Gasteiger partial charge in [0.05, 0.1) is 21.2 Å². The Bertz CT molecular complexity index is 777. The molecule has 110 valence electrons. The summed E-state index contributed by atoms with van der Waals surface area (Å²) >= 11 is 14.9. The van der Waals surface area contributed by atoms with E-state index < -0.39 is 10.0 Å². The number of halogens is 3. The van der Waals surface area contributed by atoms with Gasteiger partial charge < -0.3 is 0 Å². The normalized spacial score (nSPS) is 11.8. The Morgan fingerprint density at radius 1 is 1.05 bits per heavy atom. The van der Waals surface area contributed by atoms with Crippen molar-refractivity contribution in [3.05, 3.63) is 62.5 Å². The summed E-state index contributed by atoms with van der Waals surface area (Å²) < 4.78 is 24.7. The first-order chi connectivity index (χ1) is 9.88. The summed E-state index contributed by atoms with van der Waals surface area (Å²) in [6.07, 6.45) is 1.35. The lowest BCUT2D eigenvalue weighted by Gasteiger charge is -2.03. The number of hydrogen-bond acceptors (Lipinski definition) is 3. The van der Waals surface area contributed by atoms with Crippen LogP contribution >= 0.6 is 39.1 Å². The number of nitrogens with one attached hydrogen (secondary N) is 1. The summed E-state index contributed by atoms with van der Waals surface area (Å²) in [7, 11) is -3.69. The third kappa shape index (κ3) is 4.44. The smallest absolute Gasteiger partial charge is 0.200 e. The highest BCUT2D eigenvalue weighted by Crippen LogP contribution is 2.21. The van der Waals surface area contributed by atoms with Gasteiger partial charge >= 0.3 is 0 Å². The van der Waals surface area contributed by atoms with Crippen LogP contribution in [0, 0.1) is 0 Å². The first kappa shape index (κ1) is 16.3. The van der Waals surface area contributed by atoms with Crippen LogP contribution in [0.15, 0.2) is 56.9 Å². The molecule has 0 radical (unpaired) electrons. The summed E-state index contributed by atoms with van der Waals surface area (Å²) in [5, 5.41) is 4.50. The molecule has 2 rings (SSSR count). The maximum atomic E-state index is 12.0. The van der Waals surface area contributed by atoms with E-state index in [4.69, 9.17) is 23.2 Å². The van der Waals surface area contributed by atoms with Gasteiger partial charge in [-0.3, -0.25) is 0 Å². The van der Waals surface area contributed by atoms with Gasteiger partial charge in [0.2, 0.25) is 0 Å². The Labute approximate surface area is 141 Å². The quantitative estimate of drug-likeness (QED) is 0.613. The zero-order valence-corrected chi connectivity index (χ0v) is 14.3. The number of benzene rings is 2. The van der Waals surface area contributed by atoms with Gasteiger partial charge in [0, 0.05) is 4.47 Å². The molecule has 1 N–H and O–H groups in total. The third-order valence-electron chi connectivity index (χ3n) is 2.45. The third-order valence-corrected chi connectivity index (χ3v) is 4.96. The molecule has 0 unspecified atom stereocenters. The van der Waals surface area contributed by atoms with Gasteiger partial charge in [0.1, 0.15) is 0 Å². The summed E-state index contributed by atoms with van der Waals surface area (Å²) in [6, 6.07) is 11.1. The minimum Gasteiger partial charge on any atom is -0.200 e. The van der Waals surface area contributed by atoms with E-state index in [1.165, 1.54) is 18.3 Å². The van der Waals surface area contributed by atoms with E-state index in [1.54, 1.807) is 30.3 Å². The minimum absolute atomic E-state index is 0.122. The number of nitrogens with zero attached hydrogens (tertiary/aromatic N) is 1. The van der Waals surface area contributed by atoms with Crippen molar-refractivity contribution in [1.82, 2.24) is 4.83 Å². The largest absolute Gasteiger partial charge is 0.276 e. The molecule has 0 saturated carbocycles. The second kappa shape index (κ2) is 6.79. The fraction of sp³-hybridized carbons (Fsp3) is 0. The lowest BCUT2D eigenvalue weighted by molar-refractivity contribution is 0.584. The SMILES string of the molecule is O=S(=O)(N/N=C\c1ccc(Cl)c(Cl)c1)c1ccc(Br)cc1. The molecule has 0 aliphatic rings. The molecular weight excluding hydrogens is 399 g/mol. The van der Waals surface area contributed by atoms with Crippen molar-refractivity contribution in [1.29, 1.82) is 0 Å². The fourth-order valence-corrected chi connectivity index (χ4v) is 2.79. The highest BCUT2D eigenvalue weighted by atomic mass is 79.9. The molecule has 0 atom stereocenters. The van der Waals surface area contributed by atoms with Crippen molar-refractivity contribution in [2.75, 3.05) is 0 Å². The Balaban J connectivity index is 2.12. The summed E-state index contributed by atoms with van der Waals surface area (Å²) in [4.78, 5) is 2.25. The van der Waals surface area contributed by atoms with Gasteiger partial charge in [0.25, 0.3) is 10.0 Å². The predicted molar refractivity (Wildman–Crippen MR) is 88.5 cm³/mol. The zero-order chi connectivity index (χ0) is 15.5. The van der Waals surface area contributed by atoms with E-state index in [9.17, 15) is 8.42 Å². The van der Waals surface area contributed by atoms with E-state index in [0.717, 1.165) is 4.47 Å². The van der Waals surface area contributed by atoms with Crippen LogP contribution in [-0.2, 0) is 10.0 Å². The van der Waals surface area contributed by atoms with E-state index in [-0.39, 0.29) is 4.90 Å². The van der Waals surface area contributed by atoms with Crippen molar-refractivity contribution in [2.24, 2.45) is 5.10 Å². The number of rotatable bonds is 4. The first-order valence-corrected chi connectivity index (χ1v) is 8.67.